The standard InChI is InChI=1S/C24H32O8/c1-11-14-8-15(31-12(2)26)19-23(10-25)16(9-17(28)24(19,20(11)29)21(14)30)22(4,5)7-6-18(23)32-13(3)27/h10,14-19,21,28,30H,1,6-9H2,2-5H3/t14-,15-,16+,17+,18+,19-,21+,23-,24-/m0/s1. The lowest BCUT2D eigenvalue weighted by molar-refractivity contribution is -0.271. The number of rotatable bonds is 3. The largest absolute Gasteiger partial charge is 0.462 e. The number of Topliss-reactive ketones (excluding diaryl/α,β-unsaturated/α-hetero) is 1. The summed E-state index contributed by atoms with van der Waals surface area (Å²) in [4.78, 5) is 50.8. The molecular formula is C24H32O8. The summed E-state index contributed by atoms with van der Waals surface area (Å²) in [6.07, 6.45) is -2.36. The molecule has 176 valence electrons. The quantitative estimate of drug-likeness (QED) is 0.376. The summed E-state index contributed by atoms with van der Waals surface area (Å²) in [5, 5.41) is 22.8. The molecule has 9 atom stereocenters. The summed E-state index contributed by atoms with van der Waals surface area (Å²) >= 11 is 0. The Labute approximate surface area is 187 Å². The van der Waals surface area contributed by atoms with Crippen molar-refractivity contribution >= 4 is 24.0 Å². The number of esters is 2. The first kappa shape index (κ1) is 23.1. The highest BCUT2D eigenvalue weighted by Crippen LogP contribution is 2.71. The van der Waals surface area contributed by atoms with Gasteiger partial charge >= 0.3 is 11.9 Å². The number of hydrogen-bond donors (Lipinski definition) is 2. The molecule has 4 rings (SSSR count). The third-order valence-corrected chi connectivity index (χ3v) is 8.91. The van der Waals surface area contributed by atoms with E-state index in [0.717, 1.165) is 6.29 Å². The van der Waals surface area contributed by atoms with Crippen molar-refractivity contribution in [3.8, 4) is 0 Å². The van der Waals surface area contributed by atoms with E-state index in [9.17, 15) is 29.4 Å². The van der Waals surface area contributed by atoms with E-state index in [-0.39, 0.29) is 18.4 Å². The van der Waals surface area contributed by atoms with Crippen LogP contribution in [0, 0.1) is 34.0 Å². The summed E-state index contributed by atoms with van der Waals surface area (Å²) in [5.74, 6) is -3.83. The molecule has 32 heavy (non-hydrogen) atoms. The van der Waals surface area contributed by atoms with Gasteiger partial charge in [0.05, 0.1) is 23.0 Å². The maximum atomic E-state index is 13.6. The Morgan fingerprint density at radius 1 is 1.12 bits per heavy atom. The van der Waals surface area contributed by atoms with Crippen LogP contribution in [0.5, 0.6) is 0 Å². The van der Waals surface area contributed by atoms with E-state index in [2.05, 4.69) is 6.58 Å². The van der Waals surface area contributed by atoms with E-state index in [1.165, 1.54) is 13.8 Å². The first-order valence-electron chi connectivity index (χ1n) is 11.3. The number of aldehydes is 1. The Hall–Kier alpha value is -2.06. The van der Waals surface area contributed by atoms with Crippen LogP contribution < -0.4 is 0 Å². The van der Waals surface area contributed by atoms with Gasteiger partial charge in [-0.3, -0.25) is 14.4 Å². The lowest BCUT2D eigenvalue weighted by atomic mass is 9.38. The predicted molar refractivity (Wildman–Crippen MR) is 111 cm³/mol. The maximum Gasteiger partial charge on any atom is 0.302 e. The monoisotopic (exact) mass is 448 g/mol. The van der Waals surface area contributed by atoms with Crippen LogP contribution in [-0.2, 0) is 28.7 Å². The van der Waals surface area contributed by atoms with Crippen LogP contribution >= 0.6 is 0 Å². The molecule has 2 bridgehead atoms. The Bertz CT molecular complexity index is 892. The Balaban J connectivity index is 2.02. The maximum absolute atomic E-state index is 13.6. The molecule has 0 aromatic carbocycles. The van der Waals surface area contributed by atoms with Crippen LogP contribution in [-0.4, -0.2) is 58.6 Å². The van der Waals surface area contributed by atoms with Crippen LogP contribution in [0.1, 0.15) is 53.4 Å². The van der Waals surface area contributed by atoms with Crippen molar-refractivity contribution in [3.05, 3.63) is 12.2 Å². The minimum Gasteiger partial charge on any atom is -0.462 e. The van der Waals surface area contributed by atoms with Gasteiger partial charge in [0.15, 0.2) is 5.78 Å². The smallest absolute Gasteiger partial charge is 0.302 e. The Kier molecular flexibility index (Phi) is 5.21. The molecule has 2 N–H and O–H groups in total. The highest BCUT2D eigenvalue weighted by Gasteiger charge is 2.79. The fourth-order valence-corrected chi connectivity index (χ4v) is 7.79. The van der Waals surface area contributed by atoms with E-state index >= 15 is 0 Å². The zero-order chi connectivity index (χ0) is 23.8. The van der Waals surface area contributed by atoms with Crippen molar-refractivity contribution in [1.29, 1.82) is 0 Å². The van der Waals surface area contributed by atoms with Gasteiger partial charge in [0, 0.05) is 25.7 Å². The lowest BCUT2D eigenvalue weighted by Gasteiger charge is -2.66. The number of ether oxygens (including phenoxy) is 2. The Morgan fingerprint density at radius 3 is 2.31 bits per heavy atom. The SMILES string of the molecule is C=C1C(=O)[C@]23[C@H](O)C[C@@H]4C(C)(C)CC[C@@H](OC(C)=O)[C@@]4(C=O)[C@@H]2[C@@H](OC(C)=O)C[C@@H]1[C@H]3O. The third kappa shape index (κ3) is 2.68. The van der Waals surface area contributed by atoms with Gasteiger partial charge in [-0.25, -0.2) is 0 Å². The van der Waals surface area contributed by atoms with Gasteiger partial charge in [0.2, 0.25) is 0 Å². The van der Waals surface area contributed by atoms with E-state index in [4.69, 9.17) is 9.47 Å². The van der Waals surface area contributed by atoms with E-state index in [1.807, 2.05) is 13.8 Å². The molecule has 0 aromatic rings. The molecule has 4 aliphatic rings. The highest BCUT2D eigenvalue weighted by atomic mass is 16.6. The Morgan fingerprint density at radius 2 is 1.75 bits per heavy atom. The molecule has 1 spiro atoms. The van der Waals surface area contributed by atoms with Crippen molar-refractivity contribution in [2.45, 2.75) is 77.8 Å². The van der Waals surface area contributed by atoms with Crippen LogP contribution in [0.25, 0.3) is 0 Å². The van der Waals surface area contributed by atoms with E-state index < -0.39 is 76.1 Å². The van der Waals surface area contributed by atoms with Crippen molar-refractivity contribution < 1.29 is 38.9 Å². The first-order valence-corrected chi connectivity index (χ1v) is 11.3. The molecule has 8 heteroatoms. The van der Waals surface area contributed by atoms with E-state index in [0.29, 0.717) is 12.8 Å². The highest BCUT2D eigenvalue weighted by molar-refractivity contribution is 6.05. The normalized spacial score (nSPS) is 46.6. The lowest BCUT2D eigenvalue weighted by Crippen LogP contribution is -2.74. The van der Waals surface area contributed by atoms with Crippen LogP contribution in [0.3, 0.4) is 0 Å². The molecule has 0 heterocycles. The third-order valence-electron chi connectivity index (χ3n) is 8.91. The second kappa shape index (κ2) is 7.22. The molecule has 4 saturated carbocycles. The summed E-state index contributed by atoms with van der Waals surface area (Å²) in [5.41, 5.74) is -3.42. The molecule has 0 radical (unpaired) electrons. The van der Waals surface area contributed by atoms with Crippen LogP contribution in [0.2, 0.25) is 0 Å². The average molecular weight is 449 g/mol. The van der Waals surface area contributed by atoms with Crippen molar-refractivity contribution in [2.24, 2.45) is 34.0 Å². The number of ketones is 1. The summed E-state index contributed by atoms with van der Waals surface area (Å²) in [7, 11) is 0. The van der Waals surface area contributed by atoms with Crippen molar-refractivity contribution in [3.63, 3.8) is 0 Å². The van der Waals surface area contributed by atoms with Crippen LogP contribution in [0.4, 0.5) is 0 Å². The van der Waals surface area contributed by atoms with E-state index in [1.54, 1.807) is 0 Å². The minimum atomic E-state index is -1.75. The summed E-state index contributed by atoms with van der Waals surface area (Å²) in [6, 6.07) is 0. The molecular weight excluding hydrogens is 416 g/mol. The second-order valence-corrected chi connectivity index (χ2v) is 10.7. The van der Waals surface area contributed by atoms with Gasteiger partial charge in [-0.05, 0) is 42.6 Å². The van der Waals surface area contributed by atoms with Gasteiger partial charge in [-0.15, -0.1) is 0 Å². The molecule has 0 unspecified atom stereocenters. The number of aliphatic hydroxyl groups is 2. The minimum absolute atomic E-state index is 0.0790. The zero-order valence-electron chi connectivity index (χ0n) is 19.0. The summed E-state index contributed by atoms with van der Waals surface area (Å²) < 4.78 is 11.4. The average Bonchev–Trinajstić information content (AvgIpc) is 2.80. The van der Waals surface area contributed by atoms with Gasteiger partial charge < -0.3 is 24.5 Å². The number of aliphatic hydroxyl groups excluding tert-OH is 2. The fourth-order valence-electron chi connectivity index (χ4n) is 7.79. The van der Waals surface area contributed by atoms with Gasteiger partial charge in [0.1, 0.15) is 18.5 Å². The molecule has 4 fully saturated rings. The second-order valence-electron chi connectivity index (χ2n) is 10.7. The molecule has 8 nitrogen and oxygen atoms in total. The predicted octanol–water partition coefficient (Wildman–Crippen LogP) is 1.36. The molecule has 4 aliphatic carbocycles. The van der Waals surface area contributed by atoms with Crippen molar-refractivity contribution in [2.75, 3.05) is 0 Å². The van der Waals surface area contributed by atoms with Gasteiger partial charge in [0.25, 0.3) is 0 Å². The number of carbonyl (C=O) groups is 4. The van der Waals surface area contributed by atoms with Gasteiger partial charge in [-0.2, -0.15) is 0 Å². The topological polar surface area (TPSA) is 127 Å². The molecule has 0 aromatic heterocycles. The number of carbonyl (C=O) groups excluding carboxylic acids is 4. The molecule has 0 amide bonds. The molecule has 0 aliphatic heterocycles. The van der Waals surface area contributed by atoms with Crippen LogP contribution in [0.15, 0.2) is 12.2 Å². The zero-order valence-corrected chi connectivity index (χ0v) is 19.0. The van der Waals surface area contributed by atoms with Gasteiger partial charge in [-0.1, -0.05) is 20.4 Å². The molecule has 0 saturated heterocycles. The summed E-state index contributed by atoms with van der Waals surface area (Å²) in [6.45, 7) is 10.4. The number of hydrogen-bond acceptors (Lipinski definition) is 8. The number of fused-ring (bicyclic) bond motifs is 3. The first-order chi connectivity index (χ1) is 14.8. The fraction of sp³-hybridized carbons (Fsp3) is 0.750. The van der Waals surface area contributed by atoms with Crippen molar-refractivity contribution in [1.82, 2.24) is 0 Å².